The van der Waals surface area contributed by atoms with Gasteiger partial charge in [-0.05, 0) is 71.3 Å². The van der Waals surface area contributed by atoms with Gasteiger partial charge in [0.2, 0.25) is 0 Å². The number of ether oxygens (including phenoxy) is 1. The Morgan fingerprint density at radius 1 is 1.00 bits per heavy atom. The minimum Gasteiger partial charge on any atom is -0.494 e. The SMILES string of the molecule is CCOc1ccc(-n2nc3c(CCCN(C)CCc4ccccc4)nnc(C)c3c2C)c(F)c1. The lowest BCUT2D eigenvalue weighted by Crippen LogP contribution is -2.23. The van der Waals surface area contributed by atoms with Gasteiger partial charge in [-0.3, -0.25) is 0 Å². The van der Waals surface area contributed by atoms with Crippen LogP contribution >= 0.6 is 0 Å². The second kappa shape index (κ2) is 10.7. The molecule has 4 rings (SSSR count). The number of aryl methyl sites for hydroxylation is 3. The van der Waals surface area contributed by atoms with Crippen LogP contribution in [0.4, 0.5) is 4.39 Å². The number of hydrogen-bond donors (Lipinski definition) is 0. The van der Waals surface area contributed by atoms with E-state index in [9.17, 15) is 4.39 Å². The molecule has 0 aliphatic carbocycles. The maximum Gasteiger partial charge on any atom is 0.152 e. The Labute approximate surface area is 200 Å². The van der Waals surface area contributed by atoms with Crippen LogP contribution in [0, 0.1) is 19.7 Å². The molecule has 0 spiro atoms. The standard InChI is InChI=1S/C27H32FN5O/c1-5-34-22-13-14-25(23(28)18-22)33-20(3)26-19(2)29-30-24(27(26)31-33)12-9-16-32(4)17-15-21-10-7-6-8-11-21/h6-8,10-11,13-14,18H,5,9,12,15-17H2,1-4H3. The smallest absolute Gasteiger partial charge is 0.152 e. The molecule has 2 heterocycles. The van der Waals surface area contributed by atoms with Gasteiger partial charge in [-0.25, -0.2) is 9.07 Å². The van der Waals surface area contributed by atoms with E-state index >= 15 is 0 Å². The van der Waals surface area contributed by atoms with Gasteiger partial charge in [0.25, 0.3) is 0 Å². The van der Waals surface area contributed by atoms with E-state index in [1.165, 1.54) is 11.6 Å². The molecular weight excluding hydrogens is 429 g/mol. The Kier molecular flexibility index (Phi) is 7.53. The molecule has 4 aromatic rings. The van der Waals surface area contributed by atoms with Gasteiger partial charge in [-0.2, -0.15) is 15.3 Å². The van der Waals surface area contributed by atoms with Gasteiger partial charge >= 0.3 is 0 Å². The van der Waals surface area contributed by atoms with E-state index in [-0.39, 0.29) is 5.82 Å². The number of halogens is 1. The summed E-state index contributed by atoms with van der Waals surface area (Å²) in [6.07, 6.45) is 2.74. The molecule has 2 aromatic heterocycles. The lowest BCUT2D eigenvalue weighted by Gasteiger charge is -2.16. The fourth-order valence-corrected chi connectivity index (χ4v) is 4.28. The quantitative estimate of drug-likeness (QED) is 0.330. The first kappa shape index (κ1) is 23.8. The predicted molar refractivity (Wildman–Crippen MR) is 133 cm³/mol. The molecular formula is C27H32FN5O. The predicted octanol–water partition coefficient (Wildman–Crippen LogP) is 5.08. The molecule has 0 aliphatic heterocycles. The number of hydrogen-bond acceptors (Lipinski definition) is 5. The first-order chi connectivity index (χ1) is 16.5. The van der Waals surface area contributed by atoms with Crippen LogP contribution in [0.25, 0.3) is 16.6 Å². The molecule has 0 aliphatic rings. The summed E-state index contributed by atoms with van der Waals surface area (Å²) in [5.41, 5.74) is 5.04. The van der Waals surface area contributed by atoms with Crippen LogP contribution in [-0.4, -0.2) is 51.6 Å². The molecule has 7 heteroatoms. The molecule has 0 amide bonds. The first-order valence-corrected chi connectivity index (χ1v) is 11.8. The van der Waals surface area contributed by atoms with Crippen LogP contribution in [0.5, 0.6) is 5.75 Å². The second-order valence-electron chi connectivity index (χ2n) is 8.64. The van der Waals surface area contributed by atoms with Crippen LogP contribution in [0.2, 0.25) is 0 Å². The zero-order valence-electron chi connectivity index (χ0n) is 20.4. The summed E-state index contributed by atoms with van der Waals surface area (Å²) < 4.78 is 21.9. The minimum absolute atomic E-state index is 0.373. The lowest BCUT2D eigenvalue weighted by molar-refractivity contribution is 0.333. The summed E-state index contributed by atoms with van der Waals surface area (Å²) in [6, 6.07) is 15.4. The molecule has 34 heavy (non-hydrogen) atoms. The van der Waals surface area contributed by atoms with Crippen molar-refractivity contribution in [2.45, 2.75) is 40.0 Å². The zero-order valence-corrected chi connectivity index (χ0v) is 20.4. The summed E-state index contributed by atoms with van der Waals surface area (Å²) in [5, 5.41) is 14.5. The van der Waals surface area contributed by atoms with Gasteiger partial charge in [0.05, 0.1) is 23.7 Å². The van der Waals surface area contributed by atoms with Crippen molar-refractivity contribution in [3.63, 3.8) is 0 Å². The Morgan fingerprint density at radius 2 is 1.79 bits per heavy atom. The van der Waals surface area contributed by atoms with Gasteiger partial charge in [-0.15, -0.1) is 0 Å². The van der Waals surface area contributed by atoms with E-state index in [1.54, 1.807) is 16.8 Å². The van der Waals surface area contributed by atoms with Crippen molar-refractivity contribution in [3.05, 3.63) is 77.0 Å². The highest BCUT2D eigenvalue weighted by atomic mass is 19.1. The number of rotatable bonds is 10. The second-order valence-corrected chi connectivity index (χ2v) is 8.64. The van der Waals surface area contributed by atoms with Crippen molar-refractivity contribution in [1.82, 2.24) is 24.9 Å². The van der Waals surface area contributed by atoms with E-state index in [1.807, 2.05) is 26.8 Å². The number of fused-ring (bicyclic) bond motifs is 1. The molecule has 0 saturated heterocycles. The average Bonchev–Trinajstić information content (AvgIpc) is 3.18. The number of nitrogens with zero attached hydrogens (tertiary/aromatic N) is 5. The van der Waals surface area contributed by atoms with Crippen LogP contribution in [0.15, 0.2) is 48.5 Å². The highest BCUT2D eigenvalue weighted by molar-refractivity contribution is 5.85. The lowest BCUT2D eigenvalue weighted by atomic mass is 10.1. The van der Waals surface area contributed by atoms with Gasteiger partial charge in [0, 0.05) is 18.0 Å². The van der Waals surface area contributed by atoms with E-state index in [4.69, 9.17) is 9.84 Å². The Hall–Kier alpha value is -3.32. The van der Waals surface area contributed by atoms with Crippen molar-refractivity contribution >= 4 is 10.9 Å². The van der Waals surface area contributed by atoms with E-state index in [0.717, 1.165) is 60.3 Å². The van der Waals surface area contributed by atoms with Crippen LogP contribution < -0.4 is 4.74 Å². The highest BCUT2D eigenvalue weighted by Crippen LogP contribution is 2.28. The third-order valence-electron chi connectivity index (χ3n) is 6.11. The van der Waals surface area contributed by atoms with Gasteiger partial charge < -0.3 is 9.64 Å². The molecule has 0 bridgehead atoms. The van der Waals surface area contributed by atoms with Crippen molar-refractivity contribution in [2.24, 2.45) is 0 Å². The summed E-state index contributed by atoms with van der Waals surface area (Å²) in [4.78, 5) is 2.34. The zero-order chi connectivity index (χ0) is 24.1. The normalized spacial score (nSPS) is 11.5. The molecule has 2 aromatic carbocycles. The number of benzene rings is 2. The van der Waals surface area contributed by atoms with Gasteiger partial charge in [0.1, 0.15) is 17.0 Å². The molecule has 0 fully saturated rings. The summed E-state index contributed by atoms with van der Waals surface area (Å²) in [6.45, 7) is 8.19. The third kappa shape index (κ3) is 5.25. The van der Waals surface area contributed by atoms with Crippen LogP contribution in [0.3, 0.4) is 0 Å². The van der Waals surface area contributed by atoms with Crippen LogP contribution in [-0.2, 0) is 12.8 Å². The van der Waals surface area contributed by atoms with Crippen LogP contribution in [0.1, 0.15) is 36.0 Å². The Morgan fingerprint density at radius 3 is 2.53 bits per heavy atom. The fraction of sp³-hybridized carbons (Fsp3) is 0.370. The van der Waals surface area contributed by atoms with Gasteiger partial charge in [0.15, 0.2) is 5.82 Å². The topological polar surface area (TPSA) is 56.1 Å². The molecule has 6 nitrogen and oxygen atoms in total. The largest absolute Gasteiger partial charge is 0.494 e. The Balaban J connectivity index is 1.49. The monoisotopic (exact) mass is 461 g/mol. The van der Waals surface area contributed by atoms with E-state index in [0.29, 0.717) is 18.0 Å². The molecule has 0 radical (unpaired) electrons. The summed E-state index contributed by atoms with van der Waals surface area (Å²) in [5.74, 6) is 0.136. The van der Waals surface area contributed by atoms with Gasteiger partial charge in [-0.1, -0.05) is 30.3 Å². The Bertz CT molecular complexity index is 1260. The van der Waals surface area contributed by atoms with Crippen molar-refractivity contribution < 1.29 is 9.13 Å². The maximum absolute atomic E-state index is 14.9. The molecule has 0 unspecified atom stereocenters. The van der Waals surface area contributed by atoms with E-state index < -0.39 is 0 Å². The average molecular weight is 462 g/mol. The summed E-state index contributed by atoms with van der Waals surface area (Å²) in [7, 11) is 2.15. The number of likely N-dealkylation sites (N-methyl/N-ethyl adjacent to an activating group) is 1. The van der Waals surface area contributed by atoms with Crippen molar-refractivity contribution in [2.75, 3.05) is 26.7 Å². The number of aromatic nitrogens is 4. The maximum atomic E-state index is 14.9. The summed E-state index contributed by atoms with van der Waals surface area (Å²) >= 11 is 0. The molecule has 0 atom stereocenters. The fourth-order valence-electron chi connectivity index (χ4n) is 4.28. The third-order valence-corrected chi connectivity index (χ3v) is 6.11. The molecule has 178 valence electrons. The minimum atomic E-state index is -0.373. The first-order valence-electron chi connectivity index (χ1n) is 11.8. The molecule has 0 N–H and O–H groups in total. The van der Waals surface area contributed by atoms with Crippen molar-refractivity contribution in [1.29, 1.82) is 0 Å². The highest BCUT2D eigenvalue weighted by Gasteiger charge is 2.19. The molecule has 0 saturated carbocycles. The van der Waals surface area contributed by atoms with E-state index in [2.05, 4.69) is 46.4 Å². The van der Waals surface area contributed by atoms with Crippen molar-refractivity contribution in [3.8, 4) is 11.4 Å².